The Morgan fingerprint density at radius 2 is 1.56 bits per heavy atom. The first-order valence-electron chi connectivity index (χ1n) is 2.53. The van der Waals surface area contributed by atoms with Crippen molar-refractivity contribution < 1.29 is 21.1 Å². The summed E-state index contributed by atoms with van der Waals surface area (Å²) in [6.45, 7) is 2.05. The van der Waals surface area contributed by atoms with Crippen LogP contribution < -0.4 is 0 Å². The third-order valence-electron chi connectivity index (χ3n) is 1.02. The van der Waals surface area contributed by atoms with E-state index in [0.29, 0.717) is 0 Å². The molecule has 2 heteroatoms. The van der Waals surface area contributed by atoms with Crippen LogP contribution in [0.1, 0.15) is 5.56 Å². The summed E-state index contributed by atoms with van der Waals surface area (Å²) in [5.41, 5.74) is 1.26. The SMILES string of the molecule is Cc1ccc([S-])cc1.[Pt]. The number of hydrogen-bond donors (Lipinski definition) is 0. The first-order chi connectivity index (χ1) is 3.79. The molecule has 0 spiro atoms. The van der Waals surface area contributed by atoms with E-state index in [-0.39, 0.29) is 21.1 Å². The Bertz CT molecular complexity index is 148. The second-order valence-electron chi connectivity index (χ2n) is 1.81. The van der Waals surface area contributed by atoms with E-state index in [2.05, 4.69) is 6.92 Å². The van der Waals surface area contributed by atoms with Gasteiger partial charge < -0.3 is 12.6 Å². The van der Waals surface area contributed by atoms with E-state index >= 15 is 0 Å². The minimum Gasteiger partial charge on any atom is -0.780 e. The standard InChI is InChI=1S/C7H8S.Pt/c1-6-2-4-7(8)5-3-6;/h2-5,8H,1H3;/p-1. The molecule has 0 bridgehead atoms. The molecule has 52 valence electrons. The van der Waals surface area contributed by atoms with Gasteiger partial charge >= 0.3 is 0 Å². The predicted octanol–water partition coefficient (Wildman–Crippen LogP) is 1.90. The molecular weight excluding hydrogens is 311 g/mol. The molecule has 0 unspecified atom stereocenters. The summed E-state index contributed by atoms with van der Waals surface area (Å²) in [5.74, 6) is 0. The molecular formula is C7H7PtS-. The van der Waals surface area contributed by atoms with Crippen molar-refractivity contribution in [2.24, 2.45) is 0 Å². The van der Waals surface area contributed by atoms with Gasteiger partial charge in [-0.05, 0) is 6.92 Å². The molecule has 0 aliphatic rings. The van der Waals surface area contributed by atoms with Crippen LogP contribution in [-0.2, 0) is 33.7 Å². The molecule has 0 aromatic heterocycles. The molecule has 0 amide bonds. The molecule has 0 fully saturated rings. The minimum atomic E-state index is 0. The molecule has 0 radical (unpaired) electrons. The van der Waals surface area contributed by atoms with Crippen LogP contribution in [-0.4, -0.2) is 0 Å². The minimum absolute atomic E-state index is 0. The van der Waals surface area contributed by atoms with Crippen molar-refractivity contribution in [1.82, 2.24) is 0 Å². The topological polar surface area (TPSA) is 0 Å². The number of benzene rings is 1. The van der Waals surface area contributed by atoms with Gasteiger partial charge in [0.05, 0.1) is 0 Å². The van der Waals surface area contributed by atoms with Gasteiger partial charge in [0.25, 0.3) is 0 Å². The molecule has 9 heavy (non-hydrogen) atoms. The molecule has 0 N–H and O–H groups in total. The van der Waals surface area contributed by atoms with E-state index in [4.69, 9.17) is 12.6 Å². The van der Waals surface area contributed by atoms with E-state index in [0.717, 1.165) is 4.90 Å². The molecule has 1 rings (SSSR count). The fourth-order valence-corrected chi connectivity index (χ4v) is 0.674. The summed E-state index contributed by atoms with van der Waals surface area (Å²) in [7, 11) is 0. The summed E-state index contributed by atoms with van der Waals surface area (Å²) in [5, 5.41) is 0. The third kappa shape index (κ3) is 2.98. The van der Waals surface area contributed by atoms with Crippen molar-refractivity contribution in [2.75, 3.05) is 0 Å². The monoisotopic (exact) mass is 318 g/mol. The van der Waals surface area contributed by atoms with Crippen molar-refractivity contribution in [1.29, 1.82) is 0 Å². The quantitative estimate of drug-likeness (QED) is 0.659. The fraction of sp³-hybridized carbons (Fsp3) is 0.143. The van der Waals surface area contributed by atoms with Crippen LogP contribution in [0.4, 0.5) is 0 Å². The van der Waals surface area contributed by atoms with E-state index in [1.807, 2.05) is 24.3 Å². The van der Waals surface area contributed by atoms with Crippen LogP contribution in [0.15, 0.2) is 29.2 Å². The summed E-state index contributed by atoms with van der Waals surface area (Å²) >= 11 is 4.87. The first-order valence-corrected chi connectivity index (χ1v) is 2.93. The average Bonchev–Trinajstić information content (AvgIpc) is 1.77. The third-order valence-corrected chi connectivity index (χ3v) is 1.29. The zero-order valence-electron chi connectivity index (χ0n) is 5.03. The summed E-state index contributed by atoms with van der Waals surface area (Å²) in [6.07, 6.45) is 0. The van der Waals surface area contributed by atoms with Crippen LogP contribution in [0.25, 0.3) is 0 Å². The van der Waals surface area contributed by atoms with E-state index < -0.39 is 0 Å². The molecule has 0 nitrogen and oxygen atoms in total. The molecule has 1 aromatic carbocycles. The maximum absolute atomic E-state index is 4.87. The van der Waals surface area contributed by atoms with Gasteiger partial charge in [-0.3, -0.25) is 0 Å². The van der Waals surface area contributed by atoms with Gasteiger partial charge in [0.1, 0.15) is 0 Å². The van der Waals surface area contributed by atoms with Crippen LogP contribution in [0.3, 0.4) is 0 Å². The molecule has 1 aromatic rings. The summed E-state index contributed by atoms with van der Waals surface area (Å²) < 4.78 is 0. The largest absolute Gasteiger partial charge is 0.780 e. The Balaban J connectivity index is 0.000000640. The Morgan fingerprint density at radius 1 is 1.11 bits per heavy atom. The predicted molar refractivity (Wildman–Crippen MR) is 36.8 cm³/mol. The van der Waals surface area contributed by atoms with Crippen molar-refractivity contribution >= 4 is 12.6 Å². The number of aryl methyl sites for hydroxylation is 1. The molecule has 0 aliphatic carbocycles. The van der Waals surface area contributed by atoms with Crippen molar-refractivity contribution in [3.8, 4) is 0 Å². The van der Waals surface area contributed by atoms with Crippen LogP contribution >= 0.6 is 0 Å². The Morgan fingerprint density at radius 3 is 1.89 bits per heavy atom. The molecule has 0 saturated heterocycles. The van der Waals surface area contributed by atoms with Gasteiger partial charge in [0.15, 0.2) is 0 Å². The van der Waals surface area contributed by atoms with Crippen molar-refractivity contribution in [2.45, 2.75) is 11.8 Å². The van der Waals surface area contributed by atoms with Gasteiger partial charge in [0.2, 0.25) is 0 Å². The van der Waals surface area contributed by atoms with Crippen LogP contribution in [0.2, 0.25) is 0 Å². The average molecular weight is 318 g/mol. The second-order valence-corrected chi connectivity index (χ2v) is 2.28. The number of rotatable bonds is 0. The zero-order valence-corrected chi connectivity index (χ0v) is 8.12. The maximum Gasteiger partial charge on any atom is 0 e. The van der Waals surface area contributed by atoms with E-state index in [9.17, 15) is 0 Å². The zero-order chi connectivity index (χ0) is 5.98. The molecule has 0 saturated carbocycles. The van der Waals surface area contributed by atoms with Gasteiger partial charge in [-0.25, -0.2) is 0 Å². The van der Waals surface area contributed by atoms with Gasteiger partial charge in [-0.1, -0.05) is 29.8 Å². The van der Waals surface area contributed by atoms with E-state index in [1.54, 1.807) is 0 Å². The van der Waals surface area contributed by atoms with Crippen molar-refractivity contribution in [3.63, 3.8) is 0 Å². The van der Waals surface area contributed by atoms with Gasteiger partial charge in [0, 0.05) is 21.1 Å². The normalized spacial score (nSPS) is 8.11. The van der Waals surface area contributed by atoms with Crippen LogP contribution in [0, 0.1) is 6.92 Å². The second kappa shape index (κ2) is 4.03. The molecule has 0 heterocycles. The van der Waals surface area contributed by atoms with Crippen LogP contribution in [0.5, 0.6) is 0 Å². The Labute approximate surface area is 75.3 Å². The number of hydrogen-bond acceptors (Lipinski definition) is 1. The first kappa shape index (κ1) is 9.13. The van der Waals surface area contributed by atoms with Gasteiger partial charge in [-0.15, -0.1) is 0 Å². The smallest absolute Gasteiger partial charge is 0 e. The van der Waals surface area contributed by atoms with Gasteiger partial charge in [-0.2, -0.15) is 4.90 Å². The van der Waals surface area contributed by atoms with E-state index in [1.165, 1.54) is 5.56 Å². The van der Waals surface area contributed by atoms with Crippen molar-refractivity contribution in [3.05, 3.63) is 29.8 Å². The summed E-state index contributed by atoms with van der Waals surface area (Å²) in [6, 6.07) is 7.90. The summed E-state index contributed by atoms with van der Waals surface area (Å²) in [4.78, 5) is 0.913. The molecule has 0 atom stereocenters. The Kier molecular flexibility index (Phi) is 4.08. The molecule has 0 aliphatic heterocycles. The Hall–Kier alpha value is 0.128. The fourth-order valence-electron chi connectivity index (χ4n) is 0.538. The maximum atomic E-state index is 4.87.